The molecule has 0 radical (unpaired) electrons. The number of methoxy groups -OCH3 is 2. The van der Waals surface area contributed by atoms with E-state index in [0.29, 0.717) is 26.2 Å². The molecule has 0 bridgehead atoms. The third-order valence-corrected chi connectivity index (χ3v) is 6.82. The van der Waals surface area contributed by atoms with E-state index in [-0.39, 0.29) is 23.9 Å². The number of carbonyl (C=O) groups is 1. The van der Waals surface area contributed by atoms with Crippen molar-refractivity contribution >= 4 is 16.9 Å². The molecule has 0 aliphatic carbocycles. The van der Waals surface area contributed by atoms with Gasteiger partial charge in [-0.15, -0.1) is 0 Å². The monoisotopic (exact) mass is 505 g/mol. The number of nitrogens with zero attached hydrogens (tertiary/aromatic N) is 2. The van der Waals surface area contributed by atoms with Gasteiger partial charge < -0.3 is 19.6 Å². The SMILES string of the molecule is COc1cc([C@@H]2CN(CCC(F)(F)F)CCN2Cc2c(OC)cc(C)c3[nH]ccc23)ccc1C(=O)O. The minimum absolute atomic E-state index is 0.0340. The highest BCUT2D eigenvalue weighted by Crippen LogP contribution is 2.36. The highest BCUT2D eigenvalue weighted by molar-refractivity contribution is 5.91. The molecule has 2 heterocycles. The number of aryl methyl sites for hydroxylation is 1. The van der Waals surface area contributed by atoms with Crippen LogP contribution in [0.4, 0.5) is 13.2 Å². The number of aromatic nitrogens is 1. The molecule has 194 valence electrons. The zero-order chi connectivity index (χ0) is 26.0. The Kier molecular flexibility index (Phi) is 7.46. The van der Waals surface area contributed by atoms with Crippen molar-refractivity contribution in [2.45, 2.75) is 32.1 Å². The zero-order valence-corrected chi connectivity index (χ0v) is 20.5. The highest BCUT2D eigenvalue weighted by atomic mass is 19.4. The van der Waals surface area contributed by atoms with Crippen molar-refractivity contribution in [3.05, 3.63) is 58.8 Å². The van der Waals surface area contributed by atoms with E-state index in [2.05, 4.69) is 9.88 Å². The normalized spacial score (nSPS) is 17.4. The summed E-state index contributed by atoms with van der Waals surface area (Å²) in [6, 6.07) is 8.58. The molecule has 1 aliphatic rings. The van der Waals surface area contributed by atoms with Crippen LogP contribution in [0.1, 0.15) is 39.5 Å². The van der Waals surface area contributed by atoms with E-state index in [9.17, 15) is 23.1 Å². The summed E-state index contributed by atoms with van der Waals surface area (Å²) in [5.41, 5.74) is 3.87. The second-order valence-corrected chi connectivity index (χ2v) is 9.06. The van der Waals surface area contributed by atoms with Crippen LogP contribution in [-0.4, -0.2) is 72.4 Å². The summed E-state index contributed by atoms with van der Waals surface area (Å²) in [7, 11) is 3.03. The predicted molar refractivity (Wildman–Crippen MR) is 130 cm³/mol. The molecule has 2 aromatic carbocycles. The number of aromatic carboxylic acids is 1. The Balaban J connectivity index is 1.70. The number of hydrogen-bond donors (Lipinski definition) is 2. The van der Waals surface area contributed by atoms with Crippen LogP contribution < -0.4 is 9.47 Å². The molecule has 1 atom stereocenters. The molecular formula is C26H30F3N3O4. The first-order chi connectivity index (χ1) is 17.1. The molecular weight excluding hydrogens is 475 g/mol. The topological polar surface area (TPSA) is 78.0 Å². The smallest absolute Gasteiger partial charge is 0.390 e. The molecule has 2 N–H and O–H groups in total. The number of aromatic amines is 1. The Hall–Kier alpha value is -3.24. The molecule has 3 aromatic rings. The molecule has 10 heteroatoms. The van der Waals surface area contributed by atoms with E-state index in [1.54, 1.807) is 19.2 Å². The van der Waals surface area contributed by atoms with Crippen molar-refractivity contribution in [3.8, 4) is 11.5 Å². The standard InChI is InChI=1S/C26H30F3N3O4/c1-16-12-22(35-2)20(18-6-8-30-24(16)18)14-32-11-10-31(9-7-26(27,28)29)15-21(32)17-4-5-19(25(33)34)23(13-17)36-3/h4-6,8,12-13,21,30H,7,9-11,14-15H2,1-3H3,(H,33,34)/t21-/m0/s1. The Morgan fingerprint density at radius 1 is 1.14 bits per heavy atom. The number of hydrogen-bond acceptors (Lipinski definition) is 5. The van der Waals surface area contributed by atoms with Crippen LogP contribution in [0.3, 0.4) is 0 Å². The molecule has 4 rings (SSSR count). The number of fused-ring (bicyclic) bond motifs is 1. The lowest BCUT2D eigenvalue weighted by atomic mass is 9.97. The lowest BCUT2D eigenvalue weighted by Gasteiger charge is -2.42. The molecule has 36 heavy (non-hydrogen) atoms. The summed E-state index contributed by atoms with van der Waals surface area (Å²) >= 11 is 0. The van der Waals surface area contributed by atoms with Crippen molar-refractivity contribution in [2.75, 3.05) is 40.4 Å². The van der Waals surface area contributed by atoms with Crippen LogP contribution >= 0.6 is 0 Å². The minimum Gasteiger partial charge on any atom is -0.496 e. The van der Waals surface area contributed by atoms with E-state index in [1.165, 1.54) is 13.2 Å². The van der Waals surface area contributed by atoms with Crippen molar-refractivity contribution in [3.63, 3.8) is 0 Å². The number of piperazine rings is 1. The predicted octanol–water partition coefficient (Wildman–Crippen LogP) is 5.00. The van der Waals surface area contributed by atoms with Gasteiger partial charge in [0, 0.05) is 61.4 Å². The van der Waals surface area contributed by atoms with Gasteiger partial charge in [0.15, 0.2) is 0 Å². The van der Waals surface area contributed by atoms with E-state index in [4.69, 9.17) is 9.47 Å². The van der Waals surface area contributed by atoms with Crippen molar-refractivity contribution in [1.29, 1.82) is 0 Å². The van der Waals surface area contributed by atoms with E-state index >= 15 is 0 Å². The van der Waals surface area contributed by atoms with E-state index < -0.39 is 18.6 Å². The fourth-order valence-electron chi connectivity index (χ4n) is 4.95. The Labute approximate surface area is 207 Å². The fourth-order valence-corrected chi connectivity index (χ4v) is 4.95. The van der Waals surface area contributed by atoms with Gasteiger partial charge in [-0.3, -0.25) is 9.80 Å². The number of carboxylic acid groups (broad SMARTS) is 1. The third kappa shape index (κ3) is 5.44. The van der Waals surface area contributed by atoms with Crippen LogP contribution in [-0.2, 0) is 6.54 Å². The molecule has 7 nitrogen and oxygen atoms in total. The molecule has 0 saturated carbocycles. The van der Waals surface area contributed by atoms with Crippen LogP contribution in [0.15, 0.2) is 36.5 Å². The number of carboxylic acids is 1. The Morgan fingerprint density at radius 2 is 1.89 bits per heavy atom. The van der Waals surface area contributed by atoms with Gasteiger partial charge in [0.05, 0.1) is 20.6 Å². The Morgan fingerprint density at radius 3 is 2.56 bits per heavy atom. The minimum atomic E-state index is -4.23. The molecule has 1 aromatic heterocycles. The van der Waals surface area contributed by atoms with Gasteiger partial charge in [-0.25, -0.2) is 4.79 Å². The van der Waals surface area contributed by atoms with E-state index in [0.717, 1.165) is 33.3 Å². The number of rotatable bonds is 8. The summed E-state index contributed by atoms with van der Waals surface area (Å²) in [4.78, 5) is 18.9. The van der Waals surface area contributed by atoms with Crippen molar-refractivity contribution in [1.82, 2.24) is 14.8 Å². The molecule has 1 fully saturated rings. The zero-order valence-electron chi connectivity index (χ0n) is 20.5. The third-order valence-electron chi connectivity index (χ3n) is 6.82. The second-order valence-electron chi connectivity index (χ2n) is 9.06. The maximum atomic E-state index is 12.9. The van der Waals surface area contributed by atoms with Crippen LogP contribution in [0.25, 0.3) is 10.9 Å². The summed E-state index contributed by atoms with van der Waals surface area (Å²) in [6.45, 7) is 3.82. The van der Waals surface area contributed by atoms with Crippen LogP contribution in [0.5, 0.6) is 11.5 Å². The largest absolute Gasteiger partial charge is 0.496 e. The summed E-state index contributed by atoms with van der Waals surface area (Å²) < 4.78 is 49.8. The number of nitrogens with one attached hydrogen (secondary N) is 1. The summed E-state index contributed by atoms with van der Waals surface area (Å²) in [5, 5.41) is 10.5. The molecule has 0 amide bonds. The average molecular weight is 506 g/mol. The first-order valence-electron chi connectivity index (χ1n) is 11.7. The Bertz CT molecular complexity index is 1240. The maximum Gasteiger partial charge on any atom is 0.390 e. The molecule has 0 unspecified atom stereocenters. The van der Waals surface area contributed by atoms with E-state index in [1.807, 2.05) is 30.2 Å². The molecule has 0 spiro atoms. The first-order valence-corrected chi connectivity index (χ1v) is 11.7. The van der Waals surface area contributed by atoms with Crippen LogP contribution in [0, 0.1) is 6.92 Å². The number of ether oxygens (including phenoxy) is 2. The fraction of sp³-hybridized carbons (Fsp3) is 0.423. The number of alkyl halides is 3. The highest BCUT2D eigenvalue weighted by Gasteiger charge is 2.33. The first kappa shape index (κ1) is 25.8. The van der Waals surface area contributed by atoms with Gasteiger partial charge in [0.1, 0.15) is 17.1 Å². The van der Waals surface area contributed by atoms with Crippen LogP contribution in [0.2, 0.25) is 0 Å². The van der Waals surface area contributed by atoms with Gasteiger partial charge in [-0.1, -0.05) is 6.07 Å². The molecule has 1 aliphatic heterocycles. The lowest BCUT2D eigenvalue weighted by Crippen LogP contribution is -2.48. The van der Waals surface area contributed by atoms with Gasteiger partial charge in [-0.05, 0) is 42.3 Å². The molecule has 1 saturated heterocycles. The van der Waals surface area contributed by atoms with Gasteiger partial charge in [0.25, 0.3) is 0 Å². The second kappa shape index (κ2) is 10.4. The lowest BCUT2D eigenvalue weighted by molar-refractivity contribution is -0.139. The van der Waals surface area contributed by atoms with Gasteiger partial charge in [0.2, 0.25) is 0 Å². The summed E-state index contributed by atoms with van der Waals surface area (Å²) in [5.74, 6) is -0.144. The van der Waals surface area contributed by atoms with Crippen molar-refractivity contribution in [2.24, 2.45) is 0 Å². The average Bonchev–Trinajstić information content (AvgIpc) is 3.34. The quantitative estimate of drug-likeness (QED) is 0.449. The summed E-state index contributed by atoms with van der Waals surface area (Å²) in [6.07, 6.45) is -3.23. The number of halogens is 3. The number of H-pyrrole nitrogens is 1. The maximum absolute atomic E-state index is 12.9. The van der Waals surface area contributed by atoms with Gasteiger partial charge in [-0.2, -0.15) is 13.2 Å². The number of benzene rings is 2. The van der Waals surface area contributed by atoms with Gasteiger partial charge >= 0.3 is 12.1 Å². The van der Waals surface area contributed by atoms with Crippen molar-refractivity contribution < 1.29 is 32.5 Å².